The van der Waals surface area contributed by atoms with Crippen LogP contribution < -0.4 is 5.32 Å². The van der Waals surface area contributed by atoms with Crippen LogP contribution in [0.15, 0.2) is 24.3 Å². The number of carbonyl (C=O) groups excluding carboxylic acids is 1. The summed E-state index contributed by atoms with van der Waals surface area (Å²) in [6, 6.07) is 8.11. The molecule has 3 saturated heterocycles. The predicted molar refractivity (Wildman–Crippen MR) is 102 cm³/mol. The first-order valence-corrected chi connectivity index (χ1v) is 10.8. The van der Waals surface area contributed by atoms with Crippen molar-refractivity contribution in [3.63, 3.8) is 0 Å². The molecule has 3 fully saturated rings. The predicted octanol–water partition coefficient (Wildman–Crippen LogP) is 2.80. The van der Waals surface area contributed by atoms with E-state index < -0.39 is 0 Å². The fourth-order valence-corrected chi connectivity index (χ4v) is 5.56. The van der Waals surface area contributed by atoms with Gasteiger partial charge in [-0.2, -0.15) is 11.8 Å². The minimum absolute atomic E-state index is 0.0120. The fourth-order valence-electron chi connectivity index (χ4n) is 4.99. The topological polar surface area (TPSA) is 41.6 Å². The largest absolute Gasteiger partial charge is 0.370 e. The van der Waals surface area contributed by atoms with Crippen LogP contribution in [0.25, 0.3) is 0 Å². The Morgan fingerprint density at radius 3 is 3.20 bits per heavy atom. The van der Waals surface area contributed by atoms with Crippen molar-refractivity contribution in [2.45, 2.75) is 31.1 Å². The molecule has 0 saturated carbocycles. The van der Waals surface area contributed by atoms with Crippen LogP contribution in [-0.4, -0.2) is 54.2 Å². The lowest BCUT2D eigenvalue weighted by Crippen LogP contribution is -2.42. The minimum atomic E-state index is 0.0120. The summed E-state index contributed by atoms with van der Waals surface area (Å²) in [7, 11) is 0. The van der Waals surface area contributed by atoms with Crippen LogP contribution in [0.5, 0.6) is 0 Å². The third-order valence-electron chi connectivity index (χ3n) is 5.96. The molecule has 1 N–H and O–H groups in total. The normalized spacial score (nSPS) is 33.6. The molecule has 1 amide bonds. The maximum absolute atomic E-state index is 11.8. The summed E-state index contributed by atoms with van der Waals surface area (Å²) in [4.78, 5) is 14.3. The Balaban J connectivity index is 1.41. The number of benzene rings is 1. The first-order valence-electron chi connectivity index (χ1n) is 9.00. The lowest BCUT2D eigenvalue weighted by molar-refractivity contribution is -0.118. The highest BCUT2D eigenvalue weighted by Gasteiger charge is 2.62. The molecule has 4 rings (SSSR count). The number of amides is 1. The highest BCUT2D eigenvalue weighted by Crippen LogP contribution is 2.54. The molecule has 3 aliphatic rings. The molecule has 1 aromatic carbocycles. The summed E-state index contributed by atoms with van der Waals surface area (Å²) in [6.07, 6.45) is 4.57. The molecule has 1 aromatic rings. The van der Waals surface area contributed by atoms with E-state index in [4.69, 9.17) is 16.3 Å². The molecule has 25 heavy (non-hydrogen) atoms. The molecular weight excluding hydrogens is 356 g/mol. The highest BCUT2D eigenvalue weighted by molar-refractivity contribution is 7.99. The average molecular weight is 381 g/mol. The zero-order valence-electron chi connectivity index (χ0n) is 14.5. The number of hydrogen-bond acceptors (Lipinski definition) is 4. The van der Waals surface area contributed by atoms with E-state index in [1.807, 2.05) is 24.5 Å². The molecule has 4 atom stereocenters. The summed E-state index contributed by atoms with van der Waals surface area (Å²) in [6.45, 7) is 3.71. The Kier molecular flexibility index (Phi) is 5.02. The number of ether oxygens (including phenoxy) is 1. The van der Waals surface area contributed by atoms with Gasteiger partial charge in [-0.3, -0.25) is 9.69 Å². The Morgan fingerprint density at radius 2 is 2.40 bits per heavy atom. The van der Waals surface area contributed by atoms with Crippen LogP contribution in [0.1, 0.15) is 18.4 Å². The number of nitrogens with zero attached hydrogens (tertiary/aromatic N) is 1. The van der Waals surface area contributed by atoms with Gasteiger partial charge in [0.15, 0.2) is 0 Å². The van der Waals surface area contributed by atoms with Crippen LogP contribution in [-0.2, 0) is 16.1 Å². The van der Waals surface area contributed by atoms with E-state index in [0.29, 0.717) is 23.7 Å². The van der Waals surface area contributed by atoms with Gasteiger partial charge < -0.3 is 10.1 Å². The first kappa shape index (κ1) is 17.7. The van der Waals surface area contributed by atoms with Gasteiger partial charge in [0.25, 0.3) is 0 Å². The van der Waals surface area contributed by atoms with Gasteiger partial charge in [0, 0.05) is 43.0 Å². The van der Waals surface area contributed by atoms with Crippen molar-refractivity contribution >= 4 is 29.3 Å². The molecule has 1 spiro atoms. The second kappa shape index (κ2) is 7.10. The molecule has 3 aliphatic heterocycles. The lowest BCUT2D eigenvalue weighted by Gasteiger charge is -2.29. The summed E-state index contributed by atoms with van der Waals surface area (Å²) in [5, 5.41) is 3.91. The van der Waals surface area contributed by atoms with E-state index >= 15 is 0 Å². The molecule has 0 aromatic heterocycles. The number of rotatable bonds is 6. The Hall–Kier alpha value is -0.750. The van der Waals surface area contributed by atoms with Gasteiger partial charge in [-0.25, -0.2) is 0 Å². The van der Waals surface area contributed by atoms with Crippen LogP contribution in [0.4, 0.5) is 0 Å². The van der Waals surface area contributed by atoms with Crippen molar-refractivity contribution in [3.8, 4) is 0 Å². The zero-order chi connectivity index (χ0) is 17.4. The third kappa shape index (κ3) is 3.44. The number of halogens is 1. The first-order chi connectivity index (χ1) is 12.1. The molecule has 6 heteroatoms. The monoisotopic (exact) mass is 380 g/mol. The van der Waals surface area contributed by atoms with E-state index in [2.05, 4.69) is 16.3 Å². The molecule has 2 bridgehead atoms. The van der Waals surface area contributed by atoms with Gasteiger partial charge in [0.05, 0.1) is 17.5 Å². The summed E-state index contributed by atoms with van der Waals surface area (Å²) in [5.74, 6) is 1.65. The number of carbonyl (C=O) groups is 1. The average Bonchev–Trinajstić information content (AvgIpc) is 3.21. The Bertz CT molecular complexity index is 658. The lowest BCUT2D eigenvalue weighted by atomic mass is 9.73. The fraction of sp³-hybridized carbons (Fsp3) is 0.632. The second-order valence-electron chi connectivity index (χ2n) is 7.57. The summed E-state index contributed by atoms with van der Waals surface area (Å²) >= 11 is 7.69. The van der Waals surface area contributed by atoms with Crippen LogP contribution in [0.3, 0.4) is 0 Å². The molecule has 3 heterocycles. The van der Waals surface area contributed by atoms with Crippen LogP contribution in [0, 0.1) is 11.8 Å². The van der Waals surface area contributed by atoms with Gasteiger partial charge in [-0.1, -0.05) is 23.7 Å². The smallest absolute Gasteiger partial charge is 0.229 e. The molecular formula is C19H25ClN2O2S. The molecule has 4 nitrogen and oxygen atoms in total. The van der Waals surface area contributed by atoms with Gasteiger partial charge in [0.1, 0.15) is 0 Å². The molecule has 0 radical (unpaired) electrons. The van der Waals surface area contributed by atoms with Crippen molar-refractivity contribution in [1.82, 2.24) is 10.2 Å². The zero-order valence-corrected chi connectivity index (χ0v) is 16.1. The van der Waals surface area contributed by atoms with E-state index in [0.717, 1.165) is 44.0 Å². The molecule has 0 aliphatic carbocycles. The van der Waals surface area contributed by atoms with Crippen molar-refractivity contribution in [2.24, 2.45) is 11.8 Å². The maximum Gasteiger partial charge on any atom is 0.229 e. The number of fused-ring (bicyclic) bond motifs is 1. The van der Waals surface area contributed by atoms with E-state index in [-0.39, 0.29) is 11.5 Å². The van der Waals surface area contributed by atoms with Crippen molar-refractivity contribution in [3.05, 3.63) is 34.9 Å². The molecule has 0 unspecified atom stereocenters. The van der Waals surface area contributed by atoms with Crippen molar-refractivity contribution in [2.75, 3.05) is 31.6 Å². The number of thioether (sulfide) groups is 1. The van der Waals surface area contributed by atoms with E-state index in [1.54, 1.807) is 11.8 Å². The summed E-state index contributed by atoms with van der Waals surface area (Å²) < 4.78 is 6.46. The quantitative estimate of drug-likeness (QED) is 0.824. The van der Waals surface area contributed by atoms with Gasteiger partial charge in [-0.15, -0.1) is 0 Å². The third-order valence-corrected chi connectivity index (χ3v) is 6.75. The highest BCUT2D eigenvalue weighted by atomic mass is 35.5. The van der Waals surface area contributed by atoms with Gasteiger partial charge >= 0.3 is 0 Å². The number of hydrogen-bond donors (Lipinski definition) is 1. The van der Waals surface area contributed by atoms with Crippen LogP contribution >= 0.6 is 23.4 Å². The summed E-state index contributed by atoms with van der Waals surface area (Å²) in [5.41, 5.74) is 1.27. The maximum atomic E-state index is 11.8. The number of nitrogens with one attached hydrogen (secondary N) is 1. The molecule has 136 valence electrons. The Morgan fingerprint density at radius 1 is 1.52 bits per heavy atom. The SMILES string of the molecule is CSCC(=O)NC[C@H]1[C@H]2CN(Cc3cccc(Cl)c3)C[C@]23CC[C@H]1O3. The van der Waals surface area contributed by atoms with Crippen LogP contribution in [0.2, 0.25) is 5.02 Å². The van der Waals surface area contributed by atoms with E-state index in [9.17, 15) is 4.79 Å². The standard InChI is InChI=1S/C19H25ClN2O2S/c1-25-11-18(23)21-8-15-16-10-22(9-13-3-2-4-14(20)7-13)12-19(16)6-5-17(15)24-19/h2-4,7,15-17H,5-6,8-12H2,1H3,(H,21,23)/t15-,16+,17+,19+/m0/s1. The van der Waals surface area contributed by atoms with Gasteiger partial charge in [0.2, 0.25) is 5.91 Å². The number of likely N-dealkylation sites (tertiary alicyclic amines) is 1. The Labute approximate surface area is 158 Å². The second-order valence-corrected chi connectivity index (χ2v) is 8.87. The minimum Gasteiger partial charge on any atom is -0.370 e. The van der Waals surface area contributed by atoms with Crippen molar-refractivity contribution in [1.29, 1.82) is 0 Å². The van der Waals surface area contributed by atoms with Crippen molar-refractivity contribution < 1.29 is 9.53 Å². The van der Waals surface area contributed by atoms with Gasteiger partial charge in [-0.05, 0) is 36.8 Å². The van der Waals surface area contributed by atoms with E-state index in [1.165, 1.54) is 5.56 Å².